The van der Waals surface area contributed by atoms with Gasteiger partial charge in [-0.3, -0.25) is 0 Å². The first-order valence-corrected chi connectivity index (χ1v) is 8.40. The zero-order chi connectivity index (χ0) is 17.8. The number of methoxy groups -OCH3 is 1. The van der Waals surface area contributed by atoms with Crippen molar-refractivity contribution in [2.75, 3.05) is 13.7 Å². The molecule has 0 aliphatic carbocycles. The van der Waals surface area contributed by atoms with Crippen molar-refractivity contribution in [2.24, 2.45) is 0 Å². The van der Waals surface area contributed by atoms with Gasteiger partial charge >= 0.3 is 0 Å². The fraction of sp³-hybridized carbons (Fsp3) is 0.471. The van der Waals surface area contributed by atoms with Gasteiger partial charge in [0.25, 0.3) is 0 Å². The molecule has 2 aromatic rings. The monoisotopic (exact) mass is 404 g/mol. The number of ether oxygens (including phenoxy) is 3. The molecule has 1 unspecified atom stereocenters. The van der Waals surface area contributed by atoms with Crippen molar-refractivity contribution in [2.45, 2.75) is 37.4 Å². The van der Waals surface area contributed by atoms with Crippen LogP contribution in [0.25, 0.3) is 0 Å². The lowest BCUT2D eigenvalue weighted by Crippen LogP contribution is -2.34. The van der Waals surface area contributed by atoms with E-state index < -0.39 is 24.4 Å². The van der Waals surface area contributed by atoms with E-state index in [1.165, 1.54) is 0 Å². The first-order valence-electron chi connectivity index (χ1n) is 8.02. The third-order valence-corrected chi connectivity index (χ3v) is 4.51. The van der Waals surface area contributed by atoms with Crippen LogP contribution >= 0.6 is 24.0 Å². The van der Waals surface area contributed by atoms with Gasteiger partial charge in [0.1, 0.15) is 29.8 Å². The lowest BCUT2D eigenvalue weighted by Gasteiger charge is -2.15. The molecule has 0 bridgehead atoms. The normalized spacial score (nSPS) is 24.9. The number of benzene rings is 1. The minimum atomic E-state index is -0.955. The van der Waals surface area contributed by atoms with E-state index in [1.807, 2.05) is 0 Å². The van der Waals surface area contributed by atoms with Gasteiger partial charge in [-0.2, -0.15) is 0 Å². The number of imidazole rings is 1. The molecule has 2 heterocycles. The highest BCUT2D eigenvalue weighted by molar-refractivity contribution is 6.32. The van der Waals surface area contributed by atoms with Crippen LogP contribution in [0.15, 0.2) is 36.9 Å². The minimum Gasteiger partial charge on any atom is -0.497 e. The van der Waals surface area contributed by atoms with Gasteiger partial charge < -0.3 is 29.0 Å². The van der Waals surface area contributed by atoms with E-state index in [1.54, 1.807) is 48.6 Å². The second-order valence-electron chi connectivity index (χ2n) is 5.89. The summed E-state index contributed by atoms with van der Waals surface area (Å²) in [5.41, 5.74) is 0. The van der Waals surface area contributed by atoms with E-state index in [0.717, 1.165) is 0 Å². The molecule has 1 aromatic heterocycles. The molecule has 2 N–H and O–H groups in total. The third-order valence-electron chi connectivity index (χ3n) is 4.21. The Balaban J connectivity index is 0.00000243. The molecule has 1 aromatic carbocycles. The number of halogens is 2. The number of hydrogen-bond acceptors (Lipinski definition) is 6. The molecule has 26 heavy (non-hydrogen) atoms. The maximum atomic E-state index is 10.2. The predicted octanol–water partition coefficient (Wildman–Crippen LogP) is 1.93. The van der Waals surface area contributed by atoms with E-state index in [0.29, 0.717) is 36.1 Å². The molecule has 0 radical (unpaired) electrons. The van der Waals surface area contributed by atoms with Crippen molar-refractivity contribution >= 4 is 24.0 Å². The van der Waals surface area contributed by atoms with Gasteiger partial charge in [-0.25, -0.2) is 4.98 Å². The van der Waals surface area contributed by atoms with Gasteiger partial charge in [-0.15, -0.1) is 12.4 Å². The molecule has 0 amide bonds. The molecule has 4 atom stereocenters. The average molecular weight is 405 g/mol. The fourth-order valence-electron chi connectivity index (χ4n) is 2.83. The van der Waals surface area contributed by atoms with Crippen molar-refractivity contribution in [1.82, 2.24) is 9.55 Å². The minimum absolute atomic E-state index is 0. The summed E-state index contributed by atoms with van der Waals surface area (Å²) in [4.78, 5) is 3.95. The number of rotatable bonds is 7. The molecule has 3 rings (SSSR count). The quantitative estimate of drug-likeness (QED) is 0.732. The van der Waals surface area contributed by atoms with Crippen molar-refractivity contribution in [1.29, 1.82) is 0 Å². The van der Waals surface area contributed by atoms with Crippen molar-refractivity contribution in [3.05, 3.63) is 41.9 Å². The number of nitrogens with zero attached hydrogens (tertiary/aromatic N) is 2. The number of hydrogen-bond donors (Lipinski definition) is 2. The van der Waals surface area contributed by atoms with E-state index in [2.05, 4.69) is 4.98 Å². The second-order valence-corrected chi connectivity index (χ2v) is 6.29. The first-order chi connectivity index (χ1) is 12.1. The zero-order valence-corrected chi connectivity index (χ0v) is 15.8. The van der Waals surface area contributed by atoms with E-state index in [9.17, 15) is 10.2 Å². The Labute approximate surface area is 162 Å². The SMILES string of the molecule is COc1ccc(OCCC2O[C@H](Cn3ccnc3)[C@@H](O)[C@H]2O)c(Cl)c1.Cl. The van der Waals surface area contributed by atoms with E-state index >= 15 is 0 Å². The summed E-state index contributed by atoms with van der Waals surface area (Å²) in [6.07, 6.45) is 2.62. The summed E-state index contributed by atoms with van der Waals surface area (Å²) in [5.74, 6) is 1.18. The maximum absolute atomic E-state index is 10.2. The zero-order valence-electron chi connectivity index (χ0n) is 14.2. The highest BCUT2D eigenvalue weighted by Gasteiger charge is 2.42. The van der Waals surface area contributed by atoms with E-state index in [4.69, 9.17) is 25.8 Å². The van der Waals surface area contributed by atoms with Crippen LogP contribution in [-0.2, 0) is 11.3 Å². The lowest BCUT2D eigenvalue weighted by atomic mass is 10.1. The van der Waals surface area contributed by atoms with Crippen molar-refractivity contribution in [3.8, 4) is 11.5 Å². The topological polar surface area (TPSA) is 86.0 Å². The molecule has 0 spiro atoms. The second kappa shape index (κ2) is 9.43. The molecule has 7 nitrogen and oxygen atoms in total. The standard InChI is InChI=1S/C17H21ClN2O5.ClH/c1-23-11-2-3-13(12(18)8-11)24-7-4-14-16(21)17(22)15(25-14)9-20-6-5-19-10-20;/h2-3,5-6,8,10,14-17,21-22H,4,7,9H2,1H3;1H/t14?,15-,16+,17-;/m1./s1. The van der Waals surface area contributed by atoms with E-state index in [-0.39, 0.29) is 12.4 Å². The van der Waals surface area contributed by atoms with Gasteiger partial charge in [-0.1, -0.05) is 11.6 Å². The largest absolute Gasteiger partial charge is 0.497 e. The van der Waals surface area contributed by atoms with Crippen LogP contribution in [-0.4, -0.2) is 57.9 Å². The molecule has 1 fully saturated rings. The lowest BCUT2D eigenvalue weighted by molar-refractivity contribution is -0.00883. The highest BCUT2D eigenvalue weighted by Crippen LogP contribution is 2.30. The Kier molecular flexibility index (Phi) is 7.55. The van der Waals surface area contributed by atoms with Crippen LogP contribution in [0.2, 0.25) is 5.02 Å². The molecule has 1 aliphatic heterocycles. The van der Waals surface area contributed by atoms with Crippen LogP contribution in [0, 0.1) is 0 Å². The summed E-state index contributed by atoms with van der Waals surface area (Å²) in [7, 11) is 1.57. The van der Waals surface area contributed by atoms with Crippen LogP contribution < -0.4 is 9.47 Å². The van der Waals surface area contributed by atoms with Gasteiger partial charge in [0.2, 0.25) is 0 Å². The summed E-state index contributed by atoms with van der Waals surface area (Å²) >= 11 is 6.12. The highest BCUT2D eigenvalue weighted by atomic mass is 35.5. The summed E-state index contributed by atoms with van der Waals surface area (Å²) in [6.45, 7) is 0.734. The van der Waals surface area contributed by atoms with Gasteiger partial charge in [0.05, 0.1) is 37.7 Å². The average Bonchev–Trinajstić information content (AvgIpc) is 3.21. The number of aromatic nitrogens is 2. The van der Waals surface area contributed by atoms with Gasteiger partial charge in [0.15, 0.2) is 0 Å². The summed E-state index contributed by atoms with van der Waals surface area (Å²) in [5, 5.41) is 20.8. The smallest absolute Gasteiger partial charge is 0.138 e. The molecule has 1 aliphatic rings. The molecular formula is C17H22Cl2N2O5. The molecule has 1 saturated heterocycles. The van der Waals surface area contributed by atoms with Crippen molar-refractivity contribution in [3.63, 3.8) is 0 Å². The maximum Gasteiger partial charge on any atom is 0.138 e. The van der Waals surface area contributed by atoms with Crippen LogP contribution in [0.1, 0.15) is 6.42 Å². The first kappa shape index (κ1) is 20.8. The molecule has 0 saturated carbocycles. The summed E-state index contributed by atoms with van der Waals surface area (Å²) in [6, 6.07) is 5.15. The van der Waals surface area contributed by atoms with Crippen molar-refractivity contribution < 1.29 is 24.4 Å². The third kappa shape index (κ3) is 4.81. The van der Waals surface area contributed by atoms with Crippen LogP contribution in [0.3, 0.4) is 0 Å². The number of aliphatic hydroxyl groups excluding tert-OH is 2. The predicted molar refractivity (Wildman–Crippen MR) is 98.3 cm³/mol. The van der Waals surface area contributed by atoms with Gasteiger partial charge in [-0.05, 0) is 12.1 Å². The van der Waals surface area contributed by atoms with Crippen LogP contribution in [0.4, 0.5) is 0 Å². The molecular weight excluding hydrogens is 383 g/mol. The Morgan fingerprint density at radius 2 is 2.04 bits per heavy atom. The Bertz CT molecular complexity index is 686. The number of aliphatic hydroxyl groups is 2. The Morgan fingerprint density at radius 1 is 1.27 bits per heavy atom. The fourth-order valence-corrected chi connectivity index (χ4v) is 3.05. The summed E-state index contributed by atoms with van der Waals surface area (Å²) < 4.78 is 18.3. The Hall–Kier alpha value is -1.51. The van der Waals surface area contributed by atoms with Gasteiger partial charge in [0, 0.05) is 24.9 Å². The van der Waals surface area contributed by atoms with Crippen LogP contribution in [0.5, 0.6) is 11.5 Å². The Morgan fingerprint density at radius 3 is 2.69 bits per heavy atom. The molecule has 144 valence electrons. The molecule has 9 heteroatoms.